The van der Waals surface area contributed by atoms with Crippen LogP contribution in [0.3, 0.4) is 0 Å². The number of nitrogens with one attached hydrogen (secondary N) is 2. The number of esters is 1. The summed E-state index contributed by atoms with van der Waals surface area (Å²) in [5.74, 6) is -1.37. The second-order valence-corrected chi connectivity index (χ2v) is 8.30. The van der Waals surface area contributed by atoms with Crippen LogP contribution in [0.15, 0.2) is 36.9 Å². The maximum Gasteiger partial charge on any atom is 0.408 e. The van der Waals surface area contributed by atoms with Crippen molar-refractivity contribution >= 4 is 23.9 Å². The smallest absolute Gasteiger partial charge is 0.408 e. The molecule has 0 saturated carbocycles. The van der Waals surface area contributed by atoms with Crippen LogP contribution < -0.4 is 10.6 Å². The lowest BCUT2D eigenvalue weighted by molar-refractivity contribution is -0.143. The third kappa shape index (κ3) is 9.76. The number of rotatable bonds is 11. The van der Waals surface area contributed by atoms with Crippen molar-refractivity contribution < 1.29 is 28.7 Å². The van der Waals surface area contributed by atoms with Crippen molar-refractivity contribution in [3.63, 3.8) is 0 Å². The van der Waals surface area contributed by atoms with Crippen LogP contribution in [0.4, 0.5) is 4.79 Å². The molecule has 0 spiro atoms. The van der Waals surface area contributed by atoms with E-state index in [1.165, 1.54) is 11.0 Å². The molecule has 1 atom stereocenters. The zero-order valence-electron chi connectivity index (χ0n) is 20.1. The molecule has 1 aromatic carbocycles. The van der Waals surface area contributed by atoms with Crippen LogP contribution >= 0.6 is 0 Å². The Labute approximate surface area is 195 Å². The summed E-state index contributed by atoms with van der Waals surface area (Å²) >= 11 is 0. The van der Waals surface area contributed by atoms with Crippen molar-refractivity contribution in [3.05, 3.63) is 48.0 Å². The molecule has 0 aliphatic heterocycles. The Bertz CT molecular complexity index is 847. The quantitative estimate of drug-likeness (QED) is 0.387. The Kier molecular flexibility index (Phi) is 11.1. The third-order valence-electron chi connectivity index (χ3n) is 4.41. The standard InChI is InChI=1S/C24H35N3O6/c1-7-15-27(19(28)16-26-23(31)33-24(4,5)6)21(18-12-10-9-11-17(18)3)22(30)25-14-13-20(29)32-8-2/h7,9-12,21H,1,8,13-16H2,2-6H3,(H,25,30)(H,26,31). The maximum absolute atomic E-state index is 13.2. The van der Waals surface area contributed by atoms with Gasteiger partial charge in [-0.3, -0.25) is 14.4 Å². The van der Waals surface area contributed by atoms with E-state index < -0.39 is 35.5 Å². The first-order chi connectivity index (χ1) is 15.5. The molecule has 0 aliphatic carbocycles. The molecule has 0 fully saturated rings. The molecule has 0 saturated heterocycles. The van der Waals surface area contributed by atoms with E-state index in [9.17, 15) is 19.2 Å². The monoisotopic (exact) mass is 461 g/mol. The lowest BCUT2D eigenvalue weighted by atomic mass is 9.98. The van der Waals surface area contributed by atoms with E-state index in [4.69, 9.17) is 9.47 Å². The van der Waals surface area contributed by atoms with E-state index in [1.807, 2.05) is 19.1 Å². The Morgan fingerprint density at radius 1 is 1.15 bits per heavy atom. The molecule has 182 valence electrons. The summed E-state index contributed by atoms with van der Waals surface area (Å²) in [4.78, 5) is 51.1. The van der Waals surface area contributed by atoms with Crippen LogP contribution in [-0.4, -0.2) is 60.6 Å². The molecule has 1 rings (SSSR count). The van der Waals surface area contributed by atoms with Gasteiger partial charge in [-0.1, -0.05) is 30.3 Å². The van der Waals surface area contributed by atoms with E-state index in [1.54, 1.807) is 39.8 Å². The first-order valence-electron chi connectivity index (χ1n) is 10.9. The minimum absolute atomic E-state index is 0.00960. The molecular weight excluding hydrogens is 426 g/mol. The minimum Gasteiger partial charge on any atom is -0.466 e. The van der Waals surface area contributed by atoms with E-state index in [0.717, 1.165) is 5.56 Å². The Morgan fingerprint density at radius 2 is 1.82 bits per heavy atom. The van der Waals surface area contributed by atoms with Gasteiger partial charge in [-0.05, 0) is 45.7 Å². The lowest BCUT2D eigenvalue weighted by Crippen LogP contribution is -2.48. The Hall–Kier alpha value is -3.36. The van der Waals surface area contributed by atoms with Gasteiger partial charge in [0.1, 0.15) is 18.2 Å². The molecule has 9 heteroatoms. The molecule has 0 radical (unpaired) electrons. The third-order valence-corrected chi connectivity index (χ3v) is 4.41. The number of aryl methyl sites for hydroxylation is 1. The predicted molar refractivity (Wildman–Crippen MR) is 124 cm³/mol. The van der Waals surface area contributed by atoms with Crippen molar-refractivity contribution in [1.29, 1.82) is 0 Å². The number of benzene rings is 1. The van der Waals surface area contributed by atoms with Crippen LogP contribution in [0.2, 0.25) is 0 Å². The van der Waals surface area contributed by atoms with Gasteiger partial charge in [0, 0.05) is 13.1 Å². The van der Waals surface area contributed by atoms with Crippen LogP contribution in [0.5, 0.6) is 0 Å². The van der Waals surface area contributed by atoms with Gasteiger partial charge in [0.2, 0.25) is 11.8 Å². The van der Waals surface area contributed by atoms with Crippen molar-refractivity contribution in [2.45, 2.75) is 52.7 Å². The summed E-state index contributed by atoms with van der Waals surface area (Å²) in [6, 6.07) is 6.22. The average Bonchev–Trinajstić information content (AvgIpc) is 2.72. The Balaban J connectivity index is 3.08. The van der Waals surface area contributed by atoms with Gasteiger partial charge in [-0.15, -0.1) is 6.58 Å². The van der Waals surface area contributed by atoms with Gasteiger partial charge >= 0.3 is 12.1 Å². The van der Waals surface area contributed by atoms with E-state index in [-0.39, 0.29) is 32.7 Å². The highest BCUT2D eigenvalue weighted by atomic mass is 16.6. The molecular formula is C24H35N3O6. The van der Waals surface area contributed by atoms with Crippen LogP contribution in [0.1, 0.15) is 51.3 Å². The fraction of sp³-hybridized carbons (Fsp3) is 0.500. The zero-order valence-corrected chi connectivity index (χ0v) is 20.1. The normalized spacial score (nSPS) is 11.7. The number of carbonyl (C=O) groups excluding carboxylic acids is 4. The SMILES string of the molecule is C=CCN(C(=O)CNC(=O)OC(C)(C)C)C(C(=O)NCCC(=O)OCC)c1ccccc1C. The van der Waals surface area contributed by atoms with Gasteiger partial charge in [-0.2, -0.15) is 0 Å². The molecule has 2 N–H and O–H groups in total. The molecule has 1 aromatic rings. The Morgan fingerprint density at radius 3 is 2.39 bits per heavy atom. The van der Waals surface area contributed by atoms with Gasteiger partial charge in [-0.25, -0.2) is 4.79 Å². The first kappa shape index (κ1) is 27.7. The number of hydrogen-bond acceptors (Lipinski definition) is 6. The molecule has 0 bridgehead atoms. The summed E-state index contributed by atoms with van der Waals surface area (Å²) in [7, 11) is 0. The topological polar surface area (TPSA) is 114 Å². The van der Waals surface area contributed by atoms with Crippen molar-refractivity contribution in [2.75, 3.05) is 26.2 Å². The molecule has 0 aliphatic rings. The number of hydrogen-bond donors (Lipinski definition) is 2. The van der Waals surface area contributed by atoms with Crippen molar-refractivity contribution in [1.82, 2.24) is 15.5 Å². The fourth-order valence-corrected chi connectivity index (χ4v) is 3.02. The minimum atomic E-state index is -0.987. The molecule has 1 unspecified atom stereocenters. The lowest BCUT2D eigenvalue weighted by Gasteiger charge is -2.31. The number of amides is 3. The highest BCUT2D eigenvalue weighted by Crippen LogP contribution is 2.24. The zero-order chi connectivity index (χ0) is 25.0. The van der Waals surface area contributed by atoms with Crippen molar-refractivity contribution in [3.8, 4) is 0 Å². The maximum atomic E-state index is 13.2. The van der Waals surface area contributed by atoms with E-state index >= 15 is 0 Å². The van der Waals surface area contributed by atoms with Gasteiger partial charge < -0.3 is 25.0 Å². The fourth-order valence-electron chi connectivity index (χ4n) is 3.02. The molecule has 33 heavy (non-hydrogen) atoms. The van der Waals surface area contributed by atoms with E-state index in [0.29, 0.717) is 5.56 Å². The highest BCUT2D eigenvalue weighted by molar-refractivity contribution is 5.91. The molecule has 0 heterocycles. The predicted octanol–water partition coefficient (Wildman–Crippen LogP) is 2.64. The number of nitrogens with zero attached hydrogens (tertiary/aromatic N) is 1. The van der Waals surface area contributed by atoms with E-state index in [2.05, 4.69) is 17.2 Å². The van der Waals surface area contributed by atoms with Gasteiger partial charge in [0.15, 0.2) is 0 Å². The van der Waals surface area contributed by atoms with Crippen molar-refractivity contribution in [2.24, 2.45) is 0 Å². The second kappa shape index (κ2) is 13.2. The molecule has 9 nitrogen and oxygen atoms in total. The summed E-state index contributed by atoms with van der Waals surface area (Å²) < 4.78 is 10.1. The largest absolute Gasteiger partial charge is 0.466 e. The summed E-state index contributed by atoms with van der Waals surface area (Å²) in [6.07, 6.45) is 0.777. The first-order valence-corrected chi connectivity index (χ1v) is 10.9. The number of alkyl carbamates (subject to hydrolysis) is 1. The van der Waals surface area contributed by atoms with Crippen LogP contribution in [-0.2, 0) is 23.9 Å². The van der Waals surface area contributed by atoms with Gasteiger partial charge in [0.05, 0.1) is 13.0 Å². The van der Waals surface area contributed by atoms with Gasteiger partial charge in [0.25, 0.3) is 0 Å². The molecule has 0 aromatic heterocycles. The summed E-state index contributed by atoms with van der Waals surface area (Å²) in [5.41, 5.74) is 0.722. The second-order valence-electron chi connectivity index (χ2n) is 8.30. The molecule has 3 amide bonds. The van der Waals surface area contributed by atoms with Crippen LogP contribution in [0, 0.1) is 6.92 Å². The summed E-state index contributed by atoms with van der Waals surface area (Å²) in [6.45, 7) is 12.4. The van der Waals surface area contributed by atoms with Crippen LogP contribution in [0.25, 0.3) is 0 Å². The average molecular weight is 462 g/mol. The summed E-state index contributed by atoms with van der Waals surface area (Å²) in [5, 5.41) is 5.14. The highest BCUT2D eigenvalue weighted by Gasteiger charge is 2.32. The number of carbonyl (C=O) groups is 4. The number of ether oxygens (including phenoxy) is 2.